The van der Waals surface area contributed by atoms with Gasteiger partial charge in [-0.15, -0.1) is 0 Å². The number of nitro benzene ring substituents is 1. The van der Waals surface area contributed by atoms with Crippen LogP contribution in [0.3, 0.4) is 0 Å². The monoisotopic (exact) mass is 315 g/mol. The van der Waals surface area contributed by atoms with E-state index in [1.54, 1.807) is 0 Å². The Kier molecular flexibility index (Phi) is 3.65. The van der Waals surface area contributed by atoms with E-state index in [-0.39, 0.29) is 5.39 Å². The first-order valence-corrected chi connectivity index (χ1v) is 5.76. The van der Waals surface area contributed by atoms with Crippen LogP contribution in [0.4, 0.5) is 18.9 Å². The van der Waals surface area contributed by atoms with Gasteiger partial charge in [0.25, 0.3) is 5.69 Å². The van der Waals surface area contributed by atoms with E-state index >= 15 is 0 Å². The molecule has 9 heteroatoms. The zero-order valence-electron chi connectivity index (χ0n) is 11.0. The molecule has 0 aliphatic heterocycles. The SMILES string of the molecule is COC(=O)c1cc([N+](=O)[O-])c2ccc(C(F)(F)F)cc2c1O. The lowest BCUT2D eigenvalue weighted by Crippen LogP contribution is -2.06. The molecule has 0 amide bonds. The van der Waals surface area contributed by atoms with Crippen LogP contribution in [0.15, 0.2) is 24.3 Å². The molecule has 0 saturated carbocycles. The molecule has 0 aliphatic carbocycles. The molecule has 0 aromatic heterocycles. The number of alkyl halides is 3. The molecule has 0 bridgehead atoms. The molecule has 0 fully saturated rings. The zero-order chi connectivity index (χ0) is 16.7. The van der Waals surface area contributed by atoms with Crippen LogP contribution in [0.1, 0.15) is 15.9 Å². The van der Waals surface area contributed by atoms with E-state index in [1.807, 2.05) is 0 Å². The number of halogens is 3. The van der Waals surface area contributed by atoms with Crippen molar-refractivity contribution in [3.05, 3.63) is 45.5 Å². The van der Waals surface area contributed by atoms with Crippen LogP contribution in [-0.2, 0) is 10.9 Å². The van der Waals surface area contributed by atoms with Crippen LogP contribution < -0.4 is 0 Å². The number of non-ortho nitro benzene ring substituents is 1. The molecule has 2 aromatic carbocycles. The van der Waals surface area contributed by atoms with E-state index in [9.17, 15) is 33.2 Å². The summed E-state index contributed by atoms with van der Waals surface area (Å²) in [5, 5.41) is 20.3. The first kappa shape index (κ1) is 15.5. The largest absolute Gasteiger partial charge is 0.506 e. The summed E-state index contributed by atoms with van der Waals surface area (Å²) in [5.41, 5.74) is -2.30. The second kappa shape index (κ2) is 5.17. The topological polar surface area (TPSA) is 89.7 Å². The lowest BCUT2D eigenvalue weighted by Gasteiger charge is -2.11. The van der Waals surface area contributed by atoms with Gasteiger partial charge in [0.05, 0.1) is 23.0 Å². The standard InChI is InChI=1S/C13H8F3NO5/c1-22-12(19)9-5-10(17(20)21)7-3-2-6(13(14,15)16)4-8(7)11(9)18/h2-5,18H,1H3. The third-order valence-electron chi connectivity index (χ3n) is 3.02. The fourth-order valence-electron chi connectivity index (χ4n) is 1.98. The maximum atomic E-state index is 12.7. The van der Waals surface area contributed by atoms with E-state index in [0.29, 0.717) is 12.1 Å². The zero-order valence-corrected chi connectivity index (χ0v) is 11.0. The summed E-state index contributed by atoms with van der Waals surface area (Å²) in [6, 6.07) is 2.84. The van der Waals surface area contributed by atoms with E-state index < -0.39 is 45.0 Å². The lowest BCUT2D eigenvalue weighted by molar-refractivity contribution is -0.383. The van der Waals surface area contributed by atoms with Gasteiger partial charge in [-0.2, -0.15) is 13.2 Å². The van der Waals surface area contributed by atoms with E-state index in [0.717, 1.165) is 19.2 Å². The molecule has 0 radical (unpaired) electrons. The van der Waals surface area contributed by atoms with Crippen molar-refractivity contribution in [2.75, 3.05) is 7.11 Å². The number of benzene rings is 2. The molecule has 0 heterocycles. The molecule has 0 spiro atoms. The minimum absolute atomic E-state index is 0.219. The molecule has 22 heavy (non-hydrogen) atoms. The molecule has 0 aliphatic rings. The predicted molar refractivity (Wildman–Crippen MR) is 68.6 cm³/mol. The minimum Gasteiger partial charge on any atom is -0.506 e. The number of nitro groups is 1. The number of rotatable bonds is 2. The Hall–Kier alpha value is -2.84. The number of methoxy groups -OCH3 is 1. The van der Waals surface area contributed by atoms with Crippen molar-refractivity contribution in [1.29, 1.82) is 0 Å². The van der Waals surface area contributed by atoms with Gasteiger partial charge in [0.2, 0.25) is 0 Å². The summed E-state index contributed by atoms with van der Waals surface area (Å²) in [6.07, 6.45) is -4.70. The molecule has 6 nitrogen and oxygen atoms in total. The highest BCUT2D eigenvalue weighted by Gasteiger charge is 2.32. The first-order chi connectivity index (χ1) is 10.2. The van der Waals surface area contributed by atoms with E-state index in [4.69, 9.17) is 0 Å². The molecule has 2 rings (SSSR count). The summed E-state index contributed by atoms with van der Waals surface area (Å²) in [5.74, 6) is -1.90. The smallest absolute Gasteiger partial charge is 0.416 e. The van der Waals surface area contributed by atoms with Gasteiger partial charge in [-0.25, -0.2) is 4.79 Å². The van der Waals surface area contributed by atoms with Crippen LogP contribution in [0.5, 0.6) is 5.75 Å². The molecule has 116 valence electrons. The number of hydrogen-bond acceptors (Lipinski definition) is 5. The Balaban J connectivity index is 2.89. The second-order valence-corrected chi connectivity index (χ2v) is 4.30. The number of carbonyl (C=O) groups is 1. The van der Waals surface area contributed by atoms with Crippen molar-refractivity contribution in [1.82, 2.24) is 0 Å². The first-order valence-electron chi connectivity index (χ1n) is 5.76. The lowest BCUT2D eigenvalue weighted by atomic mass is 10.0. The summed E-state index contributed by atoms with van der Waals surface area (Å²) in [4.78, 5) is 21.7. The van der Waals surface area contributed by atoms with Gasteiger partial charge in [0, 0.05) is 11.5 Å². The fourth-order valence-corrected chi connectivity index (χ4v) is 1.98. The van der Waals surface area contributed by atoms with Gasteiger partial charge in [0.1, 0.15) is 11.3 Å². The molecular weight excluding hydrogens is 307 g/mol. The fraction of sp³-hybridized carbons (Fsp3) is 0.154. The highest BCUT2D eigenvalue weighted by Crippen LogP contribution is 2.39. The Morgan fingerprint density at radius 3 is 2.41 bits per heavy atom. The molecule has 0 atom stereocenters. The van der Waals surface area contributed by atoms with Crippen molar-refractivity contribution in [3.63, 3.8) is 0 Å². The normalized spacial score (nSPS) is 11.5. The maximum absolute atomic E-state index is 12.7. The average molecular weight is 315 g/mol. The van der Waals surface area contributed by atoms with Crippen LogP contribution >= 0.6 is 0 Å². The highest BCUT2D eigenvalue weighted by molar-refractivity contribution is 6.05. The molecule has 0 saturated heterocycles. The molecule has 2 aromatic rings. The summed E-state index contributed by atoms with van der Waals surface area (Å²) in [6.45, 7) is 0. The number of hydrogen-bond donors (Lipinski definition) is 1. The van der Waals surface area contributed by atoms with Gasteiger partial charge in [-0.1, -0.05) is 0 Å². The van der Waals surface area contributed by atoms with Crippen LogP contribution in [0.2, 0.25) is 0 Å². The minimum atomic E-state index is -4.70. The second-order valence-electron chi connectivity index (χ2n) is 4.30. The number of fused-ring (bicyclic) bond motifs is 1. The van der Waals surface area contributed by atoms with E-state index in [2.05, 4.69) is 4.74 Å². The number of aromatic hydroxyl groups is 1. The number of phenolic OH excluding ortho intramolecular Hbond substituents is 1. The number of nitrogens with zero attached hydrogens (tertiary/aromatic N) is 1. The Bertz CT molecular complexity index is 785. The number of carbonyl (C=O) groups excluding carboxylic acids is 1. The van der Waals surface area contributed by atoms with Gasteiger partial charge in [0.15, 0.2) is 0 Å². The van der Waals surface area contributed by atoms with Gasteiger partial charge < -0.3 is 9.84 Å². The third kappa shape index (κ3) is 2.52. The summed E-state index contributed by atoms with van der Waals surface area (Å²) < 4.78 is 42.5. The summed E-state index contributed by atoms with van der Waals surface area (Å²) >= 11 is 0. The predicted octanol–water partition coefficient (Wildman–Crippen LogP) is 3.26. The summed E-state index contributed by atoms with van der Waals surface area (Å²) in [7, 11) is 0.976. The Labute approximate surface area is 120 Å². The van der Waals surface area contributed by atoms with Gasteiger partial charge in [-0.05, 0) is 18.2 Å². The number of ether oxygens (including phenoxy) is 1. The number of phenols is 1. The molecule has 0 unspecified atom stereocenters. The third-order valence-corrected chi connectivity index (χ3v) is 3.02. The number of esters is 1. The van der Waals surface area contributed by atoms with Crippen LogP contribution in [0, 0.1) is 10.1 Å². The maximum Gasteiger partial charge on any atom is 0.416 e. The Morgan fingerprint density at radius 1 is 1.27 bits per heavy atom. The molecular formula is C13H8F3NO5. The van der Waals surface area contributed by atoms with Crippen molar-refractivity contribution >= 4 is 22.4 Å². The van der Waals surface area contributed by atoms with Crippen molar-refractivity contribution in [3.8, 4) is 5.75 Å². The van der Waals surface area contributed by atoms with Crippen molar-refractivity contribution < 1.29 is 32.7 Å². The molecule has 1 N–H and O–H groups in total. The Morgan fingerprint density at radius 2 is 1.91 bits per heavy atom. The van der Waals surface area contributed by atoms with Crippen molar-refractivity contribution in [2.45, 2.75) is 6.18 Å². The van der Waals surface area contributed by atoms with E-state index in [1.165, 1.54) is 0 Å². The highest BCUT2D eigenvalue weighted by atomic mass is 19.4. The van der Waals surface area contributed by atoms with Crippen molar-refractivity contribution in [2.24, 2.45) is 0 Å². The van der Waals surface area contributed by atoms with Crippen LogP contribution in [0.25, 0.3) is 10.8 Å². The van der Waals surface area contributed by atoms with Gasteiger partial charge in [-0.3, -0.25) is 10.1 Å². The quantitative estimate of drug-likeness (QED) is 0.522. The average Bonchev–Trinajstić information content (AvgIpc) is 2.45. The van der Waals surface area contributed by atoms with Crippen LogP contribution in [-0.4, -0.2) is 23.1 Å². The van der Waals surface area contributed by atoms with Gasteiger partial charge >= 0.3 is 12.1 Å².